The van der Waals surface area contributed by atoms with Crippen molar-refractivity contribution in [2.45, 2.75) is 199 Å². The third kappa shape index (κ3) is 30.4. The molecule has 0 saturated carbocycles. The SMILES string of the molecule is CCCCCCCCCCCCCCCCCCCCCCCCCCC(=O)OC(COCCC(C(=O)[O-])[N+](C)(C)C)COC(=O)CC. The lowest BCUT2D eigenvalue weighted by molar-refractivity contribution is -0.889. The number of unbranched alkanes of at least 4 members (excludes halogenated alkanes) is 23. The minimum atomic E-state index is -1.13. The summed E-state index contributed by atoms with van der Waals surface area (Å²) in [4.78, 5) is 35.5. The van der Waals surface area contributed by atoms with Crippen LogP contribution in [-0.4, -0.2) is 75.5 Å². The van der Waals surface area contributed by atoms with Gasteiger partial charge in [0.25, 0.3) is 0 Å². The molecule has 0 aliphatic carbocycles. The standard InChI is InChI=1S/C40H77NO7/c1-6-8-9-10-11-12-13-14-15-16-17-18-19-20-21-22-23-24-25-26-27-28-29-30-31-39(43)48-36(35-47-38(42)7-2)34-46-33-32-37(40(44)45)41(3,4)5/h36-37H,6-35H2,1-5H3. The molecule has 0 heterocycles. The molecule has 2 unspecified atom stereocenters. The Labute approximate surface area is 296 Å². The first-order chi connectivity index (χ1) is 23.1. The smallest absolute Gasteiger partial charge is 0.306 e. The van der Waals surface area contributed by atoms with Gasteiger partial charge in [-0.15, -0.1) is 0 Å². The van der Waals surface area contributed by atoms with Crippen LogP contribution in [0.5, 0.6) is 0 Å². The zero-order valence-corrected chi connectivity index (χ0v) is 32.2. The van der Waals surface area contributed by atoms with Gasteiger partial charge in [-0.1, -0.05) is 162 Å². The van der Waals surface area contributed by atoms with Crippen molar-refractivity contribution in [3.05, 3.63) is 0 Å². The Hall–Kier alpha value is -1.67. The van der Waals surface area contributed by atoms with E-state index < -0.39 is 18.1 Å². The fraction of sp³-hybridized carbons (Fsp3) is 0.925. The summed E-state index contributed by atoms with van der Waals surface area (Å²) < 4.78 is 16.6. The molecular formula is C40H77NO7. The van der Waals surface area contributed by atoms with Crippen molar-refractivity contribution in [3.8, 4) is 0 Å². The van der Waals surface area contributed by atoms with Crippen molar-refractivity contribution in [2.24, 2.45) is 0 Å². The fourth-order valence-corrected chi connectivity index (χ4v) is 6.11. The van der Waals surface area contributed by atoms with Crippen molar-refractivity contribution in [1.82, 2.24) is 0 Å². The summed E-state index contributed by atoms with van der Waals surface area (Å²) in [5.41, 5.74) is 0. The summed E-state index contributed by atoms with van der Waals surface area (Å²) in [5.74, 6) is -1.83. The van der Waals surface area contributed by atoms with E-state index in [-0.39, 0.29) is 49.1 Å². The summed E-state index contributed by atoms with van der Waals surface area (Å²) in [7, 11) is 5.37. The Bertz CT molecular complexity index is 767. The average Bonchev–Trinajstić information content (AvgIpc) is 3.04. The monoisotopic (exact) mass is 684 g/mol. The van der Waals surface area contributed by atoms with Crippen LogP contribution in [0, 0.1) is 0 Å². The summed E-state index contributed by atoms with van der Waals surface area (Å²) >= 11 is 0. The number of rotatable bonds is 36. The number of esters is 2. The van der Waals surface area contributed by atoms with Crippen molar-refractivity contribution in [2.75, 3.05) is 41.0 Å². The molecule has 2 atom stereocenters. The molecule has 0 rings (SSSR count). The lowest BCUT2D eigenvalue weighted by atomic mass is 10.0. The van der Waals surface area contributed by atoms with Crippen LogP contribution in [0.25, 0.3) is 0 Å². The molecule has 0 bridgehead atoms. The third-order valence-electron chi connectivity index (χ3n) is 9.30. The second-order valence-corrected chi connectivity index (χ2v) is 14.8. The number of nitrogens with zero attached hydrogens (tertiary/aromatic N) is 1. The Morgan fingerprint density at radius 2 is 0.958 bits per heavy atom. The highest BCUT2D eigenvalue weighted by Gasteiger charge is 2.25. The first-order valence-electron chi connectivity index (χ1n) is 20.1. The first-order valence-corrected chi connectivity index (χ1v) is 20.1. The van der Waals surface area contributed by atoms with Gasteiger partial charge in [-0.05, 0) is 6.42 Å². The Kier molecular flexibility index (Phi) is 31.4. The molecule has 0 aromatic rings. The van der Waals surface area contributed by atoms with Crippen LogP contribution in [-0.2, 0) is 28.6 Å². The Morgan fingerprint density at radius 3 is 1.31 bits per heavy atom. The number of carboxylic acids is 1. The molecule has 0 aromatic carbocycles. The highest BCUT2D eigenvalue weighted by molar-refractivity contribution is 5.70. The maximum Gasteiger partial charge on any atom is 0.306 e. The molecule has 0 aliphatic rings. The van der Waals surface area contributed by atoms with Crippen molar-refractivity contribution >= 4 is 17.9 Å². The van der Waals surface area contributed by atoms with Gasteiger partial charge in [-0.3, -0.25) is 9.59 Å². The van der Waals surface area contributed by atoms with Gasteiger partial charge in [0.2, 0.25) is 0 Å². The third-order valence-corrected chi connectivity index (χ3v) is 9.30. The zero-order valence-electron chi connectivity index (χ0n) is 32.2. The molecule has 8 nitrogen and oxygen atoms in total. The number of ether oxygens (including phenoxy) is 3. The van der Waals surface area contributed by atoms with Crippen molar-refractivity contribution < 1.29 is 38.2 Å². The van der Waals surface area contributed by atoms with E-state index in [2.05, 4.69) is 6.92 Å². The molecule has 0 aromatic heterocycles. The van der Waals surface area contributed by atoms with Crippen LogP contribution in [0.15, 0.2) is 0 Å². The highest BCUT2D eigenvalue weighted by atomic mass is 16.6. The molecule has 0 fully saturated rings. The van der Waals surface area contributed by atoms with Gasteiger partial charge in [0.05, 0.1) is 40.3 Å². The second-order valence-electron chi connectivity index (χ2n) is 14.8. The number of hydrogen-bond acceptors (Lipinski definition) is 7. The number of carbonyl (C=O) groups is 3. The molecule has 8 heteroatoms. The van der Waals surface area contributed by atoms with Gasteiger partial charge >= 0.3 is 11.9 Å². The van der Waals surface area contributed by atoms with Gasteiger partial charge in [-0.25, -0.2) is 0 Å². The van der Waals surface area contributed by atoms with Gasteiger partial charge in [0.15, 0.2) is 6.10 Å². The highest BCUT2D eigenvalue weighted by Crippen LogP contribution is 2.16. The van der Waals surface area contributed by atoms with Crippen LogP contribution >= 0.6 is 0 Å². The minimum Gasteiger partial charge on any atom is -0.544 e. The number of aliphatic carboxylic acids is 1. The van der Waals surface area contributed by atoms with E-state index in [1.54, 1.807) is 28.1 Å². The topological polar surface area (TPSA) is 102 Å². The number of quaternary nitrogens is 1. The van der Waals surface area contributed by atoms with Gasteiger partial charge < -0.3 is 28.6 Å². The van der Waals surface area contributed by atoms with Gasteiger partial charge in [-0.2, -0.15) is 0 Å². The number of carbonyl (C=O) groups excluding carboxylic acids is 3. The van der Waals surface area contributed by atoms with Crippen LogP contribution in [0.2, 0.25) is 0 Å². The maximum absolute atomic E-state index is 12.4. The molecule has 0 amide bonds. The molecular weight excluding hydrogens is 606 g/mol. The van der Waals surface area contributed by atoms with E-state index in [4.69, 9.17) is 14.2 Å². The number of likely N-dealkylation sites (N-methyl/N-ethyl adjacent to an activating group) is 1. The summed E-state index contributed by atoms with van der Waals surface area (Å²) in [5, 5.41) is 11.5. The van der Waals surface area contributed by atoms with E-state index >= 15 is 0 Å². The minimum absolute atomic E-state index is 0.0408. The Morgan fingerprint density at radius 1 is 0.562 bits per heavy atom. The second kappa shape index (κ2) is 32.5. The van der Waals surface area contributed by atoms with E-state index in [1.807, 2.05) is 0 Å². The zero-order chi connectivity index (χ0) is 35.7. The lowest BCUT2D eigenvalue weighted by Crippen LogP contribution is -2.55. The van der Waals surface area contributed by atoms with Crippen LogP contribution in [0.1, 0.15) is 187 Å². The van der Waals surface area contributed by atoms with Crippen LogP contribution in [0.3, 0.4) is 0 Å². The molecule has 48 heavy (non-hydrogen) atoms. The molecule has 0 radical (unpaired) electrons. The molecule has 0 aliphatic heterocycles. The number of carboxylic acid groups (broad SMARTS) is 1. The predicted octanol–water partition coefficient (Wildman–Crippen LogP) is 8.86. The average molecular weight is 684 g/mol. The summed E-state index contributed by atoms with van der Waals surface area (Å²) in [6.07, 6.45) is 32.2. The van der Waals surface area contributed by atoms with Gasteiger partial charge in [0.1, 0.15) is 12.6 Å². The quantitative estimate of drug-likeness (QED) is 0.0369. The van der Waals surface area contributed by atoms with E-state index in [0.29, 0.717) is 6.42 Å². The molecule has 284 valence electrons. The lowest BCUT2D eigenvalue weighted by Gasteiger charge is -2.34. The predicted molar refractivity (Wildman–Crippen MR) is 194 cm³/mol. The van der Waals surface area contributed by atoms with Gasteiger partial charge in [0, 0.05) is 19.3 Å². The van der Waals surface area contributed by atoms with Crippen molar-refractivity contribution in [1.29, 1.82) is 0 Å². The van der Waals surface area contributed by atoms with Crippen molar-refractivity contribution in [3.63, 3.8) is 0 Å². The van der Waals surface area contributed by atoms with Crippen LogP contribution < -0.4 is 5.11 Å². The molecule has 0 saturated heterocycles. The fourth-order valence-electron chi connectivity index (χ4n) is 6.11. The Balaban J connectivity index is 3.75. The molecule has 0 spiro atoms. The summed E-state index contributed by atoms with van der Waals surface area (Å²) in [6.45, 7) is 4.12. The largest absolute Gasteiger partial charge is 0.544 e. The number of hydrogen-bond donors (Lipinski definition) is 0. The van der Waals surface area contributed by atoms with E-state index in [0.717, 1.165) is 19.3 Å². The van der Waals surface area contributed by atoms with E-state index in [1.165, 1.54) is 135 Å². The maximum atomic E-state index is 12.4. The van der Waals surface area contributed by atoms with Crippen LogP contribution in [0.4, 0.5) is 0 Å². The normalized spacial score (nSPS) is 12.9. The molecule has 0 N–H and O–H groups in total. The summed E-state index contributed by atoms with van der Waals surface area (Å²) in [6, 6.07) is -0.715. The first kappa shape index (κ1) is 46.3. The van der Waals surface area contributed by atoms with E-state index in [9.17, 15) is 19.5 Å².